The number of fused-ring (bicyclic) bond motifs is 1. The van der Waals surface area contributed by atoms with E-state index in [0.29, 0.717) is 11.6 Å². The van der Waals surface area contributed by atoms with Gasteiger partial charge in [0, 0.05) is 35.9 Å². The second kappa shape index (κ2) is 11.4. The van der Waals surface area contributed by atoms with Gasteiger partial charge in [0.25, 0.3) is 0 Å². The molecule has 0 bridgehead atoms. The first-order chi connectivity index (χ1) is 18.8. The summed E-state index contributed by atoms with van der Waals surface area (Å²) < 4.78 is 46.8. The zero-order valence-corrected chi connectivity index (χ0v) is 22.5. The third kappa shape index (κ3) is 6.06. The van der Waals surface area contributed by atoms with Crippen molar-refractivity contribution in [3.63, 3.8) is 0 Å². The normalized spacial score (nSPS) is 11.5. The molecule has 0 saturated carbocycles. The molecule has 0 saturated heterocycles. The molecule has 0 aliphatic rings. The van der Waals surface area contributed by atoms with Crippen molar-refractivity contribution in [1.82, 2.24) is 19.3 Å². The Morgan fingerprint density at radius 1 is 0.974 bits per heavy atom. The fourth-order valence-corrected chi connectivity index (χ4v) is 5.34. The van der Waals surface area contributed by atoms with Crippen LogP contribution >= 0.6 is 11.6 Å². The topological polar surface area (TPSA) is 97.6 Å². The lowest BCUT2D eigenvalue weighted by Crippen LogP contribution is -2.23. The highest BCUT2D eigenvalue weighted by molar-refractivity contribution is 7.89. The Morgan fingerprint density at radius 3 is 2.46 bits per heavy atom. The number of halogens is 2. The van der Waals surface area contributed by atoms with Crippen LogP contribution in [0.5, 0.6) is 5.75 Å². The first-order valence-corrected chi connectivity index (χ1v) is 13.9. The molecule has 2 heterocycles. The molecule has 12 heteroatoms. The zero-order chi connectivity index (χ0) is 27.4. The number of nitrogens with zero attached hydrogens (tertiary/aromatic N) is 3. The summed E-state index contributed by atoms with van der Waals surface area (Å²) in [6.07, 6.45) is 1.76. The Labute approximate surface area is 231 Å². The molecule has 0 radical (unpaired) electrons. The van der Waals surface area contributed by atoms with Crippen LogP contribution in [0.25, 0.3) is 16.9 Å². The molecule has 5 aromatic rings. The van der Waals surface area contributed by atoms with Gasteiger partial charge >= 0.3 is 0 Å². The smallest absolute Gasteiger partial charge is 0.240 e. The van der Waals surface area contributed by atoms with E-state index in [9.17, 15) is 12.8 Å². The van der Waals surface area contributed by atoms with Crippen LogP contribution in [0.15, 0.2) is 90.0 Å². The highest BCUT2D eigenvalue weighted by Crippen LogP contribution is 2.28. The minimum absolute atomic E-state index is 0.0667. The molecule has 0 unspecified atom stereocenters. The predicted molar refractivity (Wildman–Crippen MR) is 152 cm³/mol. The molecule has 3 aromatic carbocycles. The minimum atomic E-state index is -3.76. The number of benzene rings is 3. The fourth-order valence-electron chi connectivity index (χ4n) is 4.09. The van der Waals surface area contributed by atoms with E-state index in [1.54, 1.807) is 10.7 Å². The molecule has 39 heavy (non-hydrogen) atoms. The third-order valence-electron chi connectivity index (χ3n) is 6.08. The highest BCUT2D eigenvalue weighted by Gasteiger charge is 2.15. The Morgan fingerprint density at radius 2 is 1.72 bits per heavy atom. The summed E-state index contributed by atoms with van der Waals surface area (Å²) in [7, 11) is -1.81. The molecule has 0 atom stereocenters. The first kappa shape index (κ1) is 26.7. The SMILES string of the molecule is Bc1cnn2c(NCc3cccc(CNS(=O)(=O)c4ccc(OCF)cc4)c3)cc(-c3ccccc3Cl)nc12. The highest BCUT2D eigenvalue weighted by atomic mass is 35.5. The lowest BCUT2D eigenvalue weighted by molar-refractivity contribution is 0.191. The molecule has 2 N–H and O–H groups in total. The van der Waals surface area contributed by atoms with Gasteiger partial charge in [0.05, 0.1) is 10.6 Å². The van der Waals surface area contributed by atoms with Gasteiger partial charge in [0.15, 0.2) is 5.65 Å². The van der Waals surface area contributed by atoms with Gasteiger partial charge in [-0.2, -0.15) is 9.61 Å². The van der Waals surface area contributed by atoms with Gasteiger partial charge in [-0.3, -0.25) is 0 Å². The molecule has 8 nitrogen and oxygen atoms in total. The van der Waals surface area contributed by atoms with Crippen molar-refractivity contribution in [3.8, 4) is 17.0 Å². The van der Waals surface area contributed by atoms with Crippen LogP contribution in [0.3, 0.4) is 0 Å². The average molecular weight is 564 g/mol. The number of ether oxygens (including phenoxy) is 1. The van der Waals surface area contributed by atoms with Crippen molar-refractivity contribution in [3.05, 3.63) is 101 Å². The van der Waals surface area contributed by atoms with Crippen LogP contribution in [0.2, 0.25) is 5.02 Å². The summed E-state index contributed by atoms with van der Waals surface area (Å²) >= 11 is 6.44. The average Bonchev–Trinajstić information content (AvgIpc) is 3.32. The quantitative estimate of drug-likeness (QED) is 0.252. The zero-order valence-electron chi connectivity index (χ0n) is 20.9. The summed E-state index contributed by atoms with van der Waals surface area (Å²) in [5.41, 5.74) is 4.96. The first-order valence-electron chi connectivity index (χ1n) is 12.0. The van der Waals surface area contributed by atoms with E-state index in [0.717, 1.165) is 39.3 Å². The van der Waals surface area contributed by atoms with Crippen molar-refractivity contribution < 1.29 is 17.5 Å². The summed E-state index contributed by atoms with van der Waals surface area (Å²) in [6.45, 7) is -0.407. The van der Waals surface area contributed by atoms with Crippen LogP contribution < -0.4 is 20.2 Å². The van der Waals surface area contributed by atoms with Crippen LogP contribution in [-0.2, 0) is 23.1 Å². The van der Waals surface area contributed by atoms with E-state index < -0.39 is 16.9 Å². The molecule has 2 aromatic heterocycles. The van der Waals surface area contributed by atoms with E-state index in [1.165, 1.54) is 24.3 Å². The van der Waals surface area contributed by atoms with E-state index >= 15 is 0 Å². The summed E-state index contributed by atoms with van der Waals surface area (Å²) in [5, 5.41) is 8.50. The van der Waals surface area contributed by atoms with Gasteiger partial charge in [-0.15, -0.1) is 0 Å². The second-order valence-corrected chi connectivity index (χ2v) is 11.0. The number of hydrogen-bond donors (Lipinski definition) is 2. The van der Waals surface area contributed by atoms with Gasteiger partial charge in [0.1, 0.15) is 19.4 Å². The van der Waals surface area contributed by atoms with Crippen molar-refractivity contribution in [1.29, 1.82) is 0 Å². The van der Waals surface area contributed by atoms with Crippen LogP contribution in [0, 0.1) is 0 Å². The van der Waals surface area contributed by atoms with E-state index in [1.807, 2.05) is 62.4 Å². The van der Waals surface area contributed by atoms with Gasteiger partial charge in [-0.25, -0.2) is 22.5 Å². The van der Waals surface area contributed by atoms with Crippen molar-refractivity contribution in [2.75, 3.05) is 12.2 Å². The summed E-state index contributed by atoms with van der Waals surface area (Å²) in [5.74, 6) is 1.00. The van der Waals surface area contributed by atoms with E-state index in [4.69, 9.17) is 21.3 Å². The number of rotatable bonds is 10. The lowest BCUT2D eigenvalue weighted by Gasteiger charge is -2.13. The molecular weight excluding hydrogens is 540 g/mol. The number of sulfonamides is 1. The number of aromatic nitrogens is 3. The Kier molecular flexibility index (Phi) is 7.83. The molecule has 0 aliphatic carbocycles. The van der Waals surface area contributed by atoms with Gasteiger partial charge in [-0.05, 0) is 46.9 Å². The van der Waals surface area contributed by atoms with Crippen molar-refractivity contribution >= 4 is 46.4 Å². The third-order valence-corrected chi connectivity index (χ3v) is 7.83. The number of nitrogens with one attached hydrogen (secondary N) is 2. The van der Waals surface area contributed by atoms with E-state index in [2.05, 4.69) is 15.1 Å². The Hall–Kier alpha value is -3.93. The fraction of sp³-hybridized carbons (Fsp3) is 0.111. The monoisotopic (exact) mass is 563 g/mol. The number of hydrogen-bond acceptors (Lipinski definition) is 6. The molecule has 0 aliphatic heterocycles. The molecule has 5 rings (SSSR count). The van der Waals surface area contributed by atoms with Crippen LogP contribution in [-0.4, -0.2) is 37.7 Å². The molecular formula is C27H24BClFN5O3S. The maximum absolute atomic E-state index is 12.7. The Balaban J connectivity index is 1.31. The molecule has 198 valence electrons. The predicted octanol–water partition coefficient (Wildman–Crippen LogP) is 3.70. The summed E-state index contributed by atoms with van der Waals surface area (Å²) in [4.78, 5) is 4.84. The van der Waals surface area contributed by atoms with Crippen molar-refractivity contribution in [2.45, 2.75) is 18.0 Å². The largest absolute Gasteiger partial charge is 0.463 e. The molecule has 0 fully saturated rings. The standard InChI is InChI=1S/C27H24BClFN5O3S/c28-23-16-32-35-26(13-25(34-27(23)35)22-6-1-2-7-24(22)29)31-14-18-4-3-5-19(12-18)15-33-39(36,37)21-10-8-20(9-11-21)38-17-30/h1-13,16,31,33H,14-15,17,28H2. The van der Waals surface area contributed by atoms with Crippen LogP contribution in [0.1, 0.15) is 11.1 Å². The van der Waals surface area contributed by atoms with Crippen LogP contribution in [0.4, 0.5) is 10.2 Å². The summed E-state index contributed by atoms with van der Waals surface area (Å²) in [6, 6.07) is 22.6. The van der Waals surface area contributed by atoms with Crippen molar-refractivity contribution in [2.24, 2.45) is 0 Å². The van der Waals surface area contributed by atoms with E-state index in [-0.39, 0.29) is 17.2 Å². The minimum Gasteiger partial charge on any atom is -0.463 e. The maximum atomic E-state index is 12.7. The second-order valence-electron chi connectivity index (χ2n) is 8.79. The molecule has 0 spiro atoms. The number of alkyl halides is 1. The van der Waals surface area contributed by atoms with Gasteiger partial charge in [0.2, 0.25) is 16.9 Å². The Bertz CT molecular complexity index is 1730. The molecule has 0 amide bonds. The van der Waals surface area contributed by atoms with Gasteiger partial charge in [-0.1, -0.05) is 54.1 Å². The number of anilines is 1. The van der Waals surface area contributed by atoms with Gasteiger partial charge < -0.3 is 10.1 Å². The maximum Gasteiger partial charge on any atom is 0.240 e. The lowest BCUT2D eigenvalue weighted by atomic mass is 10.0.